The Kier molecular flexibility index (Phi) is 10.2. The number of alkyl halides is 3. The number of halogens is 3. The molecule has 6 rings (SSSR count). The van der Waals surface area contributed by atoms with Crippen LogP contribution in [0.5, 0.6) is 23.0 Å². The van der Waals surface area contributed by atoms with Crippen LogP contribution in [0.4, 0.5) is 13.2 Å². The second kappa shape index (κ2) is 14.9. The summed E-state index contributed by atoms with van der Waals surface area (Å²) in [6.45, 7) is 5.84. The Morgan fingerprint density at radius 2 is 0.878 bits per heavy atom. The molecule has 0 spiro atoms. The summed E-state index contributed by atoms with van der Waals surface area (Å²) in [5.74, 6) is 3.12. The van der Waals surface area contributed by atoms with Gasteiger partial charge in [-0.25, -0.2) is 0 Å². The SMILES string of the molecule is Cc1cccc(Oc2ccc(CCc3ccc(Oc4ccc(CCc5ccc(-c6ccc(C)cc6C)c(C(F)(F)F)c5)cc4)cc3)cc2)c1. The largest absolute Gasteiger partial charge is 0.457 e. The van der Waals surface area contributed by atoms with Gasteiger partial charge in [-0.1, -0.05) is 84.4 Å². The minimum absolute atomic E-state index is 0.221. The van der Waals surface area contributed by atoms with Crippen LogP contribution >= 0.6 is 0 Å². The van der Waals surface area contributed by atoms with E-state index >= 15 is 0 Å². The Morgan fingerprint density at radius 3 is 1.37 bits per heavy atom. The van der Waals surface area contributed by atoms with Gasteiger partial charge in [0.1, 0.15) is 23.0 Å². The second-order valence-corrected chi connectivity index (χ2v) is 12.6. The second-order valence-electron chi connectivity index (χ2n) is 12.6. The smallest absolute Gasteiger partial charge is 0.417 e. The number of hydrogen-bond acceptors (Lipinski definition) is 2. The van der Waals surface area contributed by atoms with Crippen molar-refractivity contribution >= 4 is 0 Å². The van der Waals surface area contributed by atoms with Crippen LogP contribution in [0, 0.1) is 20.8 Å². The van der Waals surface area contributed by atoms with Gasteiger partial charge in [0.15, 0.2) is 0 Å². The quantitative estimate of drug-likeness (QED) is 0.138. The minimum Gasteiger partial charge on any atom is -0.457 e. The number of hydrogen-bond donors (Lipinski definition) is 0. The molecule has 0 atom stereocenters. The molecule has 0 unspecified atom stereocenters. The molecule has 0 saturated carbocycles. The zero-order chi connectivity index (χ0) is 34.4. The molecule has 0 saturated heterocycles. The van der Waals surface area contributed by atoms with Gasteiger partial charge in [-0.15, -0.1) is 0 Å². The fraction of sp³-hybridized carbons (Fsp3) is 0.182. The van der Waals surface area contributed by atoms with Crippen LogP contribution in [0.1, 0.15) is 44.5 Å². The van der Waals surface area contributed by atoms with Crippen LogP contribution in [-0.2, 0) is 31.9 Å². The van der Waals surface area contributed by atoms with E-state index in [1.807, 2.05) is 112 Å². The Morgan fingerprint density at radius 1 is 0.429 bits per heavy atom. The van der Waals surface area contributed by atoms with E-state index in [-0.39, 0.29) is 5.56 Å². The molecule has 49 heavy (non-hydrogen) atoms. The van der Waals surface area contributed by atoms with Crippen LogP contribution in [0.15, 0.2) is 133 Å². The molecular formula is C44H39F3O2. The van der Waals surface area contributed by atoms with Gasteiger partial charge < -0.3 is 9.47 Å². The maximum Gasteiger partial charge on any atom is 0.417 e. The highest BCUT2D eigenvalue weighted by Crippen LogP contribution is 2.39. The van der Waals surface area contributed by atoms with Gasteiger partial charge in [-0.2, -0.15) is 13.2 Å². The van der Waals surface area contributed by atoms with Gasteiger partial charge in [-0.05, 0) is 146 Å². The molecule has 6 aromatic carbocycles. The molecule has 0 heterocycles. The summed E-state index contributed by atoms with van der Waals surface area (Å²) >= 11 is 0. The lowest BCUT2D eigenvalue weighted by Gasteiger charge is -2.17. The first-order chi connectivity index (χ1) is 23.6. The maximum atomic E-state index is 14.1. The predicted molar refractivity (Wildman–Crippen MR) is 192 cm³/mol. The lowest BCUT2D eigenvalue weighted by molar-refractivity contribution is -0.137. The molecule has 0 aromatic heterocycles. The normalized spacial score (nSPS) is 11.4. The molecule has 0 radical (unpaired) electrons. The first kappa shape index (κ1) is 33.6. The highest BCUT2D eigenvalue weighted by molar-refractivity contribution is 5.72. The molecule has 248 valence electrons. The van der Waals surface area contributed by atoms with Gasteiger partial charge in [0, 0.05) is 0 Å². The molecule has 0 aliphatic heterocycles. The van der Waals surface area contributed by atoms with Gasteiger partial charge in [0.05, 0.1) is 5.56 Å². The Hall–Kier alpha value is -5.29. The van der Waals surface area contributed by atoms with Crippen molar-refractivity contribution in [2.75, 3.05) is 0 Å². The molecule has 2 nitrogen and oxygen atoms in total. The van der Waals surface area contributed by atoms with Gasteiger partial charge >= 0.3 is 6.18 Å². The van der Waals surface area contributed by atoms with Gasteiger partial charge in [0.2, 0.25) is 0 Å². The molecular weight excluding hydrogens is 617 g/mol. The lowest BCUT2D eigenvalue weighted by atomic mass is 9.92. The predicted octanol–water partition coefficient (Wildman–Crippen LogP) is 12.5. The summed E-state index contributed by atoms with van der Waals surface area (Å²) in [7, 11) is 0. The first-order valence-corrected chi connectivity index (χ1v) is 16.6. The third-order valence-electron chi connectivity index (χ3n) is 8.70. The monoisotopic (exact) mass is 656 g/mol. The molecule has 0 amide bonds. The van der Waals surface area contributed by atoms with E-state index in [2.05, 4.69) is 24.3 Å². The molecule has 0 fully saturated rings. The molecule has 0 bridgehead atoms. The van der Waals surface area contributed by atoms with Crippen LogP contribution in [0.25, 0.3) is 11.1 Å². The van der Waals surface area contributed by atoms with Crippen LogP contribution < -0.4 is 9.47 Å². The van der Waals surface area contributed by atoms with Gasteiger partial charge in [0.25, 0.3) is 0 Å². The fourth-order valence-electron chi connectivity index (χ4n) is 6.03. The Bertz CT molecular complexity index is 2010. The number of aryl methyl sites for hydroxylation is 7. The Labute approximate surface area is 286 Å². The van der Waals surface area contributed by atoms with E-state index in [4.69, 9.17) is 9.47 Å². The van der Waals surface area contributed by atoms with Crippen molar-refractivity contribution in [1.82, 2.24) is 0 Å². The topological polar surface area (TPSA) is 18.5 Å². The van der Waals surface area contributed by atoms with Crippen LogP contribution in [-0.4, -0.2) is 0 Å². The highest BCUT2D eigenvalue weighted by Gasteiger charge is 2.34. The third kappa shape index (κ3) is 8.99. The Balaban J connectivity index is 1.00. The van der Waals surface area contributed by atoms with Crippen molar-refractivity contribution < 1.29 is 22.6 Å². The summed E-state index contributed by atoms with van der Waals surface area (Å²) in [6.07, 6.45) is -1.49. The third-order valence-corrected chi connectivity index (χ3v) is 8.70. The summed E-state index contributed by atoms with van der Waals surface area (Å²) < 4.78 is 54.3. The standard InChI is InChI=1S/C44H39F3O2/c1-30-5-4-6-40(28-30)49-39-23-16-34(17-24-39)9-8-33-12-19-37(20-13-33)48-38-21-14-35(15-22-38)10-11-36-18-26-42(43(29-36)44(45,46)47)41-25-7-31(2)27-32(41)3/h4-7,12-29H,8-11H2,1-3H3. The fourth-order valence-corrected chi connectivity index (χ4v) is 6.03. The molecule has 6 aromatic rings. The zero-order valence-electron chi connectivity index (χ0n) is 28.0. The summed E-state index contributed by atoms with van der Waals surface area (Å²) in [6, 6.07) is 42.4. The van der Waals surface area contributed by atoms with Crippen molar-refractivity contribution in [1.29, 1.82) is 0 Å². The highest BCUT2D eigenvalue weighted by atomic mass is 19.4. The van der Waals surface area contributed by atoms with E-state index < -0.39 is 11.7 Å². The maximum absolute atomic E-state index is 14.1. The van der Waals surface area contributed by atoms with Gasteiger partial charge in [-0.3, -0.25) is 0 Å². The summed E-state index contributed by atoms with van der Waals surface area (Å²) in [4.78, 5) is 0. The van der Waals surface area contributed by atoms with Crippen molar-refractivity contribution in [2.45, 2.75) is 52.6 Å². The van der Waals surface area contributed by atoms with E-state index in [0.29, 0.717) is 29.7 Å². The van der Waals surface area contributed by atoms with E-state index in [1.54, 1.807) is 12.1 Å². The molecule has 5 heteroatoms. The summed E-state index contributed by atoms with van der Waals surface area (Å²) in [5.41, 5.74) is 7.41. The minimum atomic E-state index is -4.44. The number of ether oxygens (including phenoxy) is 2. The average molecular weight is 657 g/mol. The molecule has 0 aliphatic rings. The first-order valence-electron chi connectivity index (χ1n) is 16.6. The molecule has 0 N–H and O–H groups in total. The summed E-state index contributed by atoms with van der Waals surface area (Å²) in [5, 5.41) is 0. The van der Waals surface area contributed by atoms with E-state index in [9.17, 15) is 13.2 Å². The number of benzene rings is 6. The van der Waals surface area contributed by atoms with Crippen molar-refractivity contribution in [3.05, 3.63) is 178 Å². The van der Waals surface area contributed by atoms with Crippen molar-refractivity contribution in [3.8, 4) is 34.1 Å². The zero-order valence-corrected chi connectivity index (χ0v) is 28.0. The average Bonchev–Trinajstić information content (AvgIpc) is 3.08. The van der Waals surface area contributed by atoms with Crippen LogP contribution in [0.2, 0.25) is 0 Å². The lowest BCUT2D eigenvalue weighted by Crippen LogP contribution is -2.09. The van der Waals surface area contributed by atoms with E-state index in [0.717, 1.165) is 52.3 Å². The van der Waals surface area contributed by atoms with Crippen molar-refractivity contribution in [3.63, 3.8) is 0 Å². The van der Waals surface area contributed by atoms with Crippen LogP contribution in [0.3, 0.4) is 0 Å². The van der Waals surface area contributed by atoms with E-state index in [1.165, 1.54) is 17.2 Å². The van der Waals surface area contributed by atoms with Crippen molar-refractivity contribution in [2.24, 2.45) is 0 Å². The molecule has 0 aliphatic carbocycles. The number of rotatable bonds is 11.